The van der Waals surface area contributed by atoms with Gasteiger partial charge in [-0.3, -0.25) is 14.4 Å². The van der Waals surface area contributed by atoms with Crippen molar-refractivity contribution in [3.8, 4) is 17.2 Å². The van der Waals surface area contributed by atoms with Crippen molar-refractivity contribution in [3.05, 3.63) is 80.0 Å². The molecule has 0 heterocycles. The summed E-state index contributed by atoms with van der Waals surface area (Å²) in [5.41, 5.74) is 12.5. The Morgan fingerprint density at radius 1 is 0.829 bits per heavy atom. The number of carbonyl (C=O) groups is 3. The highest BCUT2D eigenvalue weighted by atomic mass is 127. The molecule has 0 radical (unpaired) electrons. The minimum absolute atomic E-state index is 0.0774. The zero-order valence-electron chi connectivity index (χ0n) is 21.2. The topological polar surface area (TPSA) is 182 Å². The number of halogens is 4. The second-order valence-corrected chi connectivity index (χ2v) is 13.1. The summed E-state index contributed by atoms with van der Waals surface area (Å²) in [5.74, 6) is -2.57. The maximum Gasteiger partial charge on any atom is 0.320 e. The molecular formula is C27H26I4N2O8. The Labute approximate surface area is 291 Å². The standard InChI is InChI=1S/C15H11I4NO4.C12H15NO4/c16-8-4-7(5-9(17)13(8)21)24-14-10(18)1-6(2-11(14)19)3-12(20)15(22)23;13-7-6-10(11(14)15)12(16)17-8-9-4-2-1-3-5-9/h1-2,4-5,12,21H,3,20H2,(H,22,23);1-5,10H,6-8,13H2,(H,14,15)/t12-;/m0./s1. The number of ether oxygens (including phenoxy) is 2. The summed E-state index contributed by atoms with van der Waals surface area (Å²) < 4.78 is 14.1. The number of esters is 1. The summed E-state index contributed by atoms with van der Waals surface area (Å²) in [6.45, 7) is 0.214. The molecule has 14 heteroatoms. The molecule has 0 aliphatic carbocycles. The number of rotatable bonds is 11. The number of aliphatic carboxylic acids is 2. The van der Waals surface area contributed by atoms with Gasteiger partial charge in [-0.25, -0.2) is 0 Å². The fraction of sp³-hybridized carbons (Fsp3) is 0.222. The van der Waals surface area contributed by atoms with E-state index >= 15 is 0 Å². The zero-order chi connectivity index (χ0) is 30.7. The number of aromatic hydroxyl groups is 1. The van der Waals surface area contributed by atoms with Gasteiger partial charge in [-0.1, -0.05) is 30.3 Å². The van der Waals surface area contributed by atoms with Crippen molar-refractivity contribution in [2.75, 3.05) is 6.54 Å². The molecule has 0 fully saturated rings. The van der Waals surface area contributed by atoms with Crippen molar-refractivity contribution in [1.82, 2.24) is 0 Å². The monoisotopic (exact) mass is 1010 g/mol. The minimum atomic E-state index is -1.20. The van der Waals surface area contributed by atoms with Gasteiger partial charge in [0.1, 0.15) is 24.1 Å². The fourth-order valence-corrected chi connectivity index (χ4v) is 7.05. The van der Waals surface area contributed by atoms with Crippen LogP contribution in [0.4, 0.5) is 0 Å². The van der Waals surface area contributed by atoms with Crippen LogP contribution in [0.2, 0.25) is 0 Å². The molecule has 220 valence electrons. The molecule has 7 N–H and O–H groups in total. The highest BCUT2D eigenvalue weighted by Gasteiger charge is 2.26. The molecule has 0 aliphatic rings. The van der Waals surface area contributed by atoms with Gasteiger partial charge in [0, 0.05) is 0 Å². The summed E-state index contributed by atoms with van der Waals surface area (Å²) >= 11 is 8.42. The second-order valence-electron chi connectivity index (χ2n) is 8.44. The Kier molecular flexibility index (Phi) is 15.3. The van der Waals surface area contributed by atoms with Crippen LogP contribution in [0.5, 0.6) is 17.2 Å². The Morgan fingerprint density at radius 2 is 1.39 bits per heavy atom. The number of carboxylic acids is 2. The zero-order valence-corrected chi connectivity index (χ0v) is 29.9. The van der Waals surface area contributed by atoms with E-state index in [9.17, 15) is 19.5 Å². The first-order valence-electron chi connectivity index (χ1n) is 11.8. The second kappa shape index (κ2) is 17.6. The molecule has 0 aromatic heterocycles. The van der Waals surface area contributed by atoms with E-state index in [1.165, 1.54) is 0 Å². The number of phenolic OH excluding ortho intramolecular Hbond substituents is 1. The van der Waals surface area contributed by atoms with E-state index in [-0.39, 0.29) is 31.7 Å². The molecule has 2 atom stereocenters. The first-order valence-corrected chi connectivity index (χ1v) is 16.1. The van der Waals surface area contributed by atoms with Crippen LogP contribution >= 0.6 is 90.4 Å². The number of phenols is 1. The molecule has 1 unspecified atom stereocenters. The number of carboxylic acid groups (broad SMARTS) is 2. The van der Waals surface area contributed by atoms with Crippen LogP contribution < -0.4 is 16.2 Å². The quantitative estimate of drug-likeness (QED) is 0.0957. The summed E-state index contributed by atoms with van der Waals surface area (Å²) in [6, 6.07) is 15.4. The first-order chi connectivity index (χ1) is 19.3. The largest absolute Gasteiger partial charge is 0.506 e. The number of nitrogens with two attached hydrogens (primary N) is 2. The third kappa shape index (κ3) is 11.6. The number of carbonyl (C=O) groups excluding carboxylic acids is 1. The lowest BCUT2D eigenvalue weighted by Crippen LogP contribution is -2.32. The van der Waals surface area contributed by atoms with Gasteiger partial charge in [0.25, 0.3) is 0 Å². The summed E-state index contributed by atoms with van der Waals surface area (Å²) in [6.07, 6.45) is 0.347. The van der Waals surface area contributed by atoms with Crippen LogP contribution in [0.15, 0.2) is 54.6 Å². The van der Waals surface area contributed by atoms with Gasteiger partial charge in [-0.15, -0.1) is 0 Å². The number of hydrogen-bond acceptors (Lipinski definition) is 8. The molecule has 41 heavy (non-hydrogen) atoms. The van der Waals surface area contributed by atoms with Crippen molar-refractivity contribution in [2.24, 2.45) is 17.4 Å². The molecule has 3 aromatic rings. The van der Waals surface area contributed by atoms with Crippen LogP contribution in [0, 0.1) is 20.2 Å². The maximum absolute atomic E-state index is 11.5. The normalized spacial score (nSPS) is 12.0. The first kappa shape index (κ1) is 35.7. The summed E-state index contributed by atoms with van der Waals surface area (Å²) in [4.78, 5) is 33.2. The van der Waals surface area contributed by atoms with Gasteiger partial charge in [-0.2, -0.15) is 0 Å². The van der Waals surface area contributed by atoms with Gasteiger partial charge in [-0.05, 0) is 145 Å². The van der Waals surface area contributed by atoms with Gasteiger partial charge in [0.2, 0.25) is 0 Å². The Bertz CT molecular complexity index is 1330. The van der Waals surface area contributed by atoms with Crippen LogP contribution in [0.25, 0.3) is 0 Å². The molecule has 0 aliphatic heterocycles. The maximum atomic E-state index is 11.5. The van der Waals surface area contributed by atoms with E-state index in [4.69, 9.17) is 31.2 Å². The lowest BCUT2D eigenvalue weighted by Gasteiger charge is -2.14. The lowest BCUT2D eigenvalue weighted by molar-refractivity contribution is -0.159. The minimum Gasteiger partial charge on any atom is -0.506 e. The summed E-state index contributed by atoms with van der Waals surface area (Å²) in [7, 11) is 0. The number of benzene rings is 3. The van der Waals surface area contributed by atoms with Gasteiger partial charge in [0.15, 0.2) is 11.7 Å². The van der Waals surface area contributed by atoms with Gasteiger partial charge < -0.3 is 36.3 Å². The molecular weight excluding hydrogens is 988 g/mol. The van der Waals surface area contributed by atoms with E-state index in [0.717, 1.165) is 18.3 Å². The van der Waals surface area contributed by atoms with Crippen molar-refractivity contribution in [1.29, 1.82) is 0 Å². The van der Waals surface area contributed by atoms with Crippen LogP contribution in [0.1, 0.15) is 17.5 Å². The van der Waals surface area contributed by atoms with E-state index in [2.05, 4.69) is 90.4 Å². The molecule has 3 rings (SSSR count). The predicted molar refractivity (Wildman–Crippen MR) is 186 cm³/mol. The fourth-order valence-electron chi connectivity index (χ4n) is 3.23. The molecule has 0 saturated carbocycles. The van der Waals surface area contributed by atoms with E-state index in [1.807, 2.05) is 30.3 Å². The Hall–Kier alpha value is -1.49. The van der Waals surface area contributed by atoms with Gasteiger partial charge in [0.05, 0.1) is 14.3 Å². The van der Waals surface area contributed by atoms with Crippen LogP contribution in [0.3, 0.4) is 0 Å². The Balaban J connectivity index is 0.000000305. The van der Waals surface area contributed by atoms with Crippen LogP contribution in [-0.4, -0.2) is 45.8 Å². The molecule has 0 bridgehead atoms. The van der Waals surface area contributed by atoms with E-state index in [0.29, 0.717) is 18.6 Å². The van der Waals surface area contributed by atoms with E-state index in [1.54, 1.807) is 24.3 Å². The van der Waals surface area contributed by atoms with Crippen molar-refractivity contribution in [2.45, 2.75) is 25.5 Å². The Morgan fingerprint density at radius 3 is 1.88 bits per heavy atom. The van der Waals surface area contributed by atoms with Crippen LogP contribution in [-0.2, 0) is 32.1 Å². The molecule has 0 saturated heterocycles. The average molecular weight is 1010 g/mol. The van der Waals surface area contributed by atoms with Gasteiger partial charge >= 0.3 is 17.9 Å². The average Bonchev–Trinajstić information content (AvgIpc) is 2.91. The third-order valence-electron chi connectivity index (χ3n) is 5.30. The SMILES string of the molecule is NCCC(C(=O)O)C(=O)OCc1ccccc1.N[C@@H](Cc1cc(I)c(Oc2cc(I)c(O)c(I)c2)c(I)c1)C(=O)O. The molecule has 10 nitrogen and oxygen atoms in total. The van der Waals surface area contributed by atoms with Crippen molar-refractivity contribution >= 4 is 108 Å². The van der Waals surface area contributed by atoms with Crippen molar-refractivity contribution < 1.29 is 39.2 Å². The molecule has 0 amide bonds. The smallest absolute Gasteiger partial charge is 0.320 e. The highest BCUT2D eigenvalue weighted by molar-refractivity contribution is 14.1. The molecule has 0 spiro atoms. The third-order valence-corrected chi connectivity index (χ3v) is 8.55. The highest BCUT2D eigenvalue weighted by Crippen LogP contribution is 2.37. The summed E-state index contributed by atoms with van der Waals surface area (Å²) in [5, 5.41) is 27.6. The van der Waals surface area contributed by atoms with E-state index < -0.39 is 29.9 Å². The van der Waals surface area contributed by atoms with Crippen molar-refractivity contribution in [3.63, 3.8) is 0 Å². The number of hydrogen-bond donors (Lipinski definition) is 5. The molecule has 3 aromatic carbocycles. The predicted octanol–water partition coefficient (Wildman–Crippen LogP) is 5.34. The lowest BCUT2D eigenvalue weighted by atomic mass is 10.1.